The van der Waals surface area contributed by atoms with Crippen molar-refractivity contribution in [3.05, 3.63) is 23.8 Å². The van der Waals surface area contributed by atoms with Crippen LogP contribution in [0.1, 0.15) is 18.4 Å². The molecule has 0 unspecified atom stereocenters. The Kier molecular flexibility index (Phi) is 7.52. The molecule has 1 saturated heterocycles. The fourth-order valence-electron chi connectivity index (χ4n) is 2.65. The van der Waals surface area contributed by atoms with Gasteiger partial charge in [-0.05, 0) is 56.6 Å². The summed E-state index contributed by atoms with van der Waals surface area (Å²) in [6.07, 6.45) is -3.28. The van der Waals surface area contributed by atoms with E-state index >= 15 is 0 Å². The van der Waals surface area contributed by atoms with Crippen LogP contribution in [-0.4, -0.2) is 44.5 Å². The number of halogens is 4. The average molecular weight is 383 g/mol. The molecule has 0 aromatic heterocycles. The number of methoxy groups -OCH3 is 1. The van der Waals surface area contributed by atoms with E-state index in [1.165, 1.54) is 19.2 Å². The molecule has 1 aromatic rings. The van der Waals surface area contributed by atoms with E-state index < -0.39 is 18.4 Å². The first kappa shape index (κ1) is 21.5. The quantitative estimate of drug-likeness (QED) is 0.821. The van der Waals surface area contributed by atoms with Crippen molar-refractivity contribution in [2.24, 2.45) is 0 Å². The van der Waals surface area contributed by atoms with Crippen LogP contribution in [0.3, 0.4) is 0 Å². The maximum atomic E-state index is 12.5. The molecule has 0 spiro atoms. The SMILES string of the molecule is COC1(C(=O)Nc2ccc(OCC(F)(F)F)c(C)c2)CCNCC1.Cl. The number of nitrogens with one attached hydrogen (secondary N) is 2. The maximum absolute atomic E-state index is 12.5. The largest absolute Gasteiger partial charge is 0.484 e. The fraction of sp³-hybridized carbons (Fsp3) is 0.562. The third-order valence-corrected chi connectivity index (χ3v) is 4.04. The molecule has 0 aliphatic carbocycles. The first-order valence-electron chi connectivity index (χ1n) is 7.63. The van der Waals surface area contributed by atoms with E-state index in [9.17, 15) is 18.0 Å². The van der Waals surface area contributed by atoms with Crippen LogP contribution in [0.4, 0.5) is 18.9 Å². The van der Waals surface area contributed by atoms with Gasteiger partial charge in [0.2, 0.25) is 0 Å². The van der Waals surface area contributed by atoms with Gasteiger partial charge in [-0.15, -0.1) is 12.4 Å². The topological polar surface area (TPSA) is 59.6 Å². The Labute approximate surface area is 150 Å². The molecule has 2 N–H and O–H groups in total. The van der Waals surface area contributed by atoms with Crippen LogP contribution in [-0.2, 0) is 9.53 Å². The predicted molar refractivity (Wildman–Crippen MR) is 90.5 cm³/mol. The fourth-order valence-corrected chi connectivity index (χ4v) is 2.65. The van der Waals surface area contributed by atoms with Gasteiger partial charge in [0.15, 0.2) is 6.61 Å². The van der Waals surface area contributed by atoms with Crippen LogP contribution in [0.2, 0.25) is 0 Å². The van der Waals surface area contributed by atoms with Gasteiger partial charge in [0, 0.05) is 12.8 Å². The van der Waals surface area contributed by atoms with Crippen molar-refractivity contribution >= 4 is 24.0 Å². The summed E-state index contributed by atoms with van der Waals surface area (Å²) in [4.78, 5) is 12.5. The summed E-state index contributed by atoms with van der Waals surface area (Å²) < 4.78 is 46.8. The lowest BCUT2D eigenvalue weighted by molar-refractivity contribution is -0.153. The molecule has 1 amide bonds. The monoisotopic (exact) mass is 382 g/mol. The summed E-state index contributed by atoms with van der Waals surface area (Å²) in [5, 5.41) is 5.94. The number of anilines is 1. The van der Waals surface area contributed by atoms with Crippen molar-refractivity contribution in [2.75, 3.05) is 32.1 Å². The highest BCUT2D eigenvalue weighted by molar-refractivity contribution is 5.97. The van der Waals surface area contributed by atoms with Crippen molar-refractivity contribution < 1.29 is 27.4 Å². The molecule has 25 heavy (non-hydrogen) atoms. The molecule has 1 aromatic carbocycles. The van der Waals surface area contributed by atoms with Gasteiger partial charge in [-0.1, -0.05) is 0 Å². The lowest BCUT2D eigenvalue weighted by Crippen LogP contribution is -2.51. The third-order valence-electron chi connectivity index (χ3n) is 4.04. The summed E-state index contributed by atoms with van der Waals surface area (Å²) in [7, 11) is 1.50. The number of aryl methyl sites for hydroxylation is 1. The van der Waals surface area contributed by atoms with Crippen LogP contribution in [0.15, 0.2) is 18.2 Å². The van der Waals surface area contributed by atoms with E-state index in [0.717, 1.165) is 0 Å². The summed E-state index contributed by atoms with van der Waals surface area (Å²) in [5.41, 5.74) is 0.116. The molecule has 142 valence electrons. The lowest BCUT2D eigenvalue weighted by atomic mass is 9.91. The number of alkyl halides is 3. The zero-order valence-electron chi connectivity index (χ0n) is 14.0. The number of piperidine rings is 1. The molecule has 1 heterocycles. The Morgan fingerprint density at radius 1 is 1.32 bits per heavy atom. The number of rotatable bonds is 5. The molecule has 0 bridgehead atoms. The minimum absolute atomic E-state index is 0. The Balaban J connectivity index is 0.00000312. The normalized spacial score (nSPS) is 16.7. The van der Waals surface area contributed by atoms with Crippen molar-refractivity contribution in [3.63, 3.8) is 0 Å². The second-order valence-corrected chi connectivity index (χ2v) is 5.79. The number of ether oxygens (including phenoxy) is 2. The first-order chi connectivity index (χ1) is 11.3. The Morgan fingerprint density at radius 2 is 1.96 bits per heavy atom. The molecule has 1 aliphatic heterocycles. The van der Waals surface area contributed by atoms with Gasteiger partial charge in [0.1, 0.15) is 11.4 Å². The van der Waals surface area contributed by atoms with Crippen molar-refractivity contribution in [3.8, 4) is 5.75 Å². The molecule has 2 rings (SSSR count). The van der Waals surface area contributed by atoms with Gasteiger partial charge in [-0.2, -0.15) is 13.2 Å². The van der Waals surface area contributed by atoms with E-state index in [1.54, 1.807) is 13.0 Å². The van der Waals surface area contributed by atoms with Gasteiger partial charge in [-0.25, -0.2) is 0 Å². The van der Waals surface area contributed by atoms with Gasteiger partial charge >= 0.3 is 6.18 Å². The van der Waals surface area contributed by atoms with Gasteiger partial charge in [-0.3, -0.25) is 4.79 Å². The number of carbonyl (C=O) groups is 1. The highest BCUT2D eigenvalue weighted by Crippen LogP contribution is 2.27. The molecule has 5 nitrogen and oxygen atoms in total. The summed E-state index contributed by atoms with van der Waals surface area (Å²) >= 11 is 0. The Morgan fingerprint density at radius 3 is 2.48 bits per heavy atom. The molecule has 1 fully saturated rings. The maximum Gasteiger partial charge on any atom is 0.422 e. The molecule has 0 radical (unpaired) electrons. The smallest absolute Gasteiger partial charge is 0.422 e. The third kappa shape index (κ3) is 5.76. The molecule has 0 atom stereocenters. The molecule has 0 saturated carbocycles. The van der Waals surface area contributed by atoms with Crippen LogP contribution < -0.4 is 15.4 Å². The van der Waals surface area contributed by atoms with E-state index in [0.29, 0.717) is 37.2 Å². The van der Waals surface area contributed by atoms with Crippen molar-refractivity contribution in [1.82, 2.24) is 5.32 Å². The molecule has 1 aliphatic rings. The zero-order chi connectivity index (χ0) is 17.8. The summed E-state index contributed by atoms with van der Waals surface area (Å²) in [6, 6.07) is 4.51. The zero-order valence-corrected chi connectivity index (χ0v) is 14.9. The minimum atomic E-state index is -4.39. The number of amides is 1. The van der Waals surface area contributed by atoms with Crippen molar-refractivity contribution in [2.45, 2.75) is 31.5 Å². The summed E-state index contributed by atoms with van der Waals surface area (Å²) in [5.74, 6) is -0.122. The van der Waals surface area contributed by atoms with E-state index in [2.05, 4.69) is 10.6 Å². The highest BCUT2D eigenvalue weighted by Gasteiger charge is 2.39. The number of benzene rings is 1. The Hall–Kier alpha value is -1.51. The number of hydrogen-bond acceptors (Lipinski definition) is 4. The second kappa shape index (κ2) is 8.73. The van der Waals surface area contributed by atoms with E-state index in [-0.39, 0.29) is 24.1 Å². The average Bonchev–Trinajstić information content (AvgIpc) is 2.53. The van der Waals surface area contributed by atoms with Crippen molar-refractivity contribution in [1.29, 1.82) is 0 Å². The second-order valence-electron chi connectivity index (χ2n) is 5.79. The molecular formula is C16H22ClF3N2O3. The van der Waals surface area contributed by atoms with Gasteiger partial charge < -0.3 is 20.1 Å². The van der Waals surface area contributed by atoms with Gasteiger partial charge in [0.25, 0.3) is 5.91 Å². The predicted octanol–water partition coefficient (Wildman–Crippen LogP) is 3.07. The van der Waals surface area contributed by atoms with Crippen LogP contribution >= 0.6 is 12.4 Å². The lowest BCUT2D eigenvalue weighted by Gasteiger charge is -2.34. The Bertz CT molecular complexity index is 590. The number of hydrogen-bond donors (Lipinski definition) is 2. The van der Waals surface area contributed by atoms with Crippen LogP contribution in [0, 0.1) is 6.92 Å². The molecular weight excluding hydrogens is 361 g/mol. The van der Waals surface area contributed by atoms with E-state index in [4.69, 9.17) is 9.47 Å². The number of carbonyl (C=O) groups excluding carboxylic acids is 1. The van der Waals surface area contributed by atoms with E-state index in [1.807, 2.05) is 0 Å². The minimum Gasteiger partial charge on any atom is -0.484 e. The highest BCUT2D eigenvalue weighted by atomic mass is 35.5. The first-order valence-corrected chi connectivity index (χ1v) is 7.63. The van der Waals surface area contributed by atoms with Gasteiger partial charge in [0.05, 0.1) is 0 Å². The van der Waals surface area contributed by atoms with Crippen LogP contribution in [0.25, 0.3) is 0 Å². The standard InChI is InChI=1S/C16H21F3N2O3.ClH/c1-11-9-12(3-4-13(11)24-10-16(17,18)19)21-14(22)15(23-2)5-7-20-8-6-15;/h3-4,9,20H,5-8,10H2,1-2H3,(H,21,22);1H. The van der Waals surface area contributed by atoms with Crippen LogP contribution in [0.5, 0.6) is 5.75 Å². The summed E-state index contributed by atoms with van der Waals surface area (Å²) in [6.45, 7) is 1.65. The molecule has 9 heteroatoms.